The molecule has 1 saturated heterocycles. The number of aromatic nitrogens is 1. The van der Waals surface area contributed by atoms with Gasteiger partial charge in [-0.2, -0.15) is 0 Å². The molecule has 0 spiro atoms. The van der Waals surface area contributed by atoms with E-state index in [0.717, 1.165) is 44.5 Å². The van der Waals surface area contributed by atoms with Crippen molar-refractivity contribution in [3.63, 3.8) is 0 Å². The zero-order valence-corrected chi connectivity index (χ0v) is 12.7. The Kier molecular flexibility index (Phi) is 4.00. The van der Waals surface area contributed by atoms with Gasteiger partial charge in [-0.3, -0.25) is 4.79 Å². The monoisotopic (exact) mass is 303 g/mol. The SMILES string of the molecule is Cc1ccc(C(=O)O)c(NC2CCN(C(=O)C3CC3)CC2)n1. The number of anilines is 1. The van der Waals surface area contributed by atoms with Gasteiger partial charge in [-0.05, 0) is 44.7 Å². The fourth-order valence-corrected chi connectivity index (χ4v) is 2.87. The number of carbonyl (C=O) groups is 2. The standard InChI is InChI=1S/C16H21N3O3/c1-10-2-5-13(16(21)22)14(17-10)18-12-6-8-19(9-7-12)15(20)11-3-4-11/h2,5,11-12H,3-4,6-9H2,1H3,(H,17,18)(H,21,22). The summed E-state index contributed by atoms with van der Waals surface area (Å²) in [6, 6.07) is 3.44. The van der Waals surface area contributed by atoms with Crippen molar-refractivity contribution >= 4 is 17.7 Å². The maximum atomic E-state index is 12.0. The molecule has 6 nitrogen and oxygen atoms in total. The number of rotatable bonds is 4. The number of aromatic carboxylic acids is 1. The van der Waals surface area contributed by atoms with E-state index in [4.69, 9.17) is 0 Å². The number of hydrogen-bond acceptors (Lipinski definition) is 4. The van der Waals surface area contributed by atoms with Crippen molar-refractivity contribution in [2.75, 3.05) is 18.4 Å². The van der Waals surface area contributed by atoms with Crippen LogP contribution >= 0.6 is 0 Å². The molecular weight excluding hydrogens is 282 g/mol. The zero-order valence-electron chi connectivity index (χ0n) is 12.7. The highest BCUT2D eigenvalue weighted by molar-refractivity contribution is 5.93. The first-order valence-corrected chi connectivity index (χ1v) is 7.81. The number of carboxylic acid groups (broad SMARTS) is 1. The minimum Gasteiger partial charge on any atom is -0.478 e. The van der Waals surface area contributed by atoms with E-state index in [1.165, 1.54) is 0 Å². The van der Waals surface area contributed by atoms with Crippen molar-refractivity contribution in [2.45, 2.75) is 38.6 Å². The molecule has 0 atom stereocenters. The summed E-state index contributed by atoms with van der Waals surface area (Å²) < 4.78 is 0. The van der Waals surface area contributed by atoms with E-state index in [-0.39, 0.29) is 17.5 Å². The van der Waals surface area contributed by atoms with Crippen LogP contribution in [0.25, 0.3) is 0 Å². The third kappa shape index (κ3) is 3.21. The van der Waals surface area contributed by atoms with E-state index in [1.54, 1.807) is 12.1 Å². The van der Waals surface area contributed by atoms with Crippen LogP contribution in [0.15, 0.2) is 12.1 Å². The summed E-state index contributed by atoms with van der Waals surface area (Å²) in [5, 5.41) is 12.5. The Morgan fingerprint density at radius 3 is 2.50 bits per heavy atom. The van der Waals surface area contributed by atoms with E-state index in [0.29, 0.717) is 11.7 Å². The number of pyridine rings is 1. The largest absolute Gasteiger partial charge is 0.478 e. The molecule has 0 unspecified atom stereocenters. The van der Waals surface area contributed by atoms with Crippen LogP contribution in [0.4, 0.5) is 5.82 Å². The third-order valence-electron chi connectivity index (χ3n) is 4.34. The summed E-state index contributed by atoms with van der Waals surface area (Å²) in [7, 11) is 0. The molecule has 1 aromatic rings. The van der Waals surface area contributed by atoms with Gasteiger partial charge in [0.05, 0.1) is 0 Å². The maximum absolute atomic E-state index is 12.0. The minimum absolute atomic E-state index is 0.163. The molecule has 6 heteroatoms. The Labute approximate surface area is 129 Å². The molecule has 2 heterocycles. The molecule has 1 aliphatic heterocycles. The van der Waals surface area contributed by atoms with Crippen molar-refractivity contribution in [3.05, 3.63) is 23.4 Å². The molecule has 118 valence electrons. The number of nitrogens with one attached hydrogen (secondary N) is 1. The van der Waals surface area contributed by atoms with Crippen molar-refractivity contribution in [2.24, 2.45) is 5.92 Å². The highest BCUT2D eigenvalue weighted by atomic mass is 16.4. The Morgan fingerprint density at radius 2 is 1.91 bits per heavy atom. The van der Waals surface area contributed by atoms with Gasteiger partial charge in [-0.1, -0.05) is 0 Å². The van der Waals surface area contributed by atoms with Gasteiger partial charge >= 0.3 is 5.97 Å². The molecule has 0 bridgehead atoms. The normalized spacial score (nSPS) is 19.0. The summed E-state index contributed by atoms with van der Waals surface area (Å²) >= 11 is 0. The van der Waals surface area contributed by atoms with Gasteiger partial charge in [0.1, 0.15) is 11.4 Å². The van der Waals surface area contributed by atoms with Crippen LogP contribution in [-0.4, -0.2) is 46.0 Å². The van der Waals surface area contributed by atoms with Crippen LogP contribution in [0, 0.1) is 12.8 Å². The predicted molar refractivity (Wildman–Crippen MR) is 81.9 cm³/mol. The summed E-state index contributed by atoms with van der Waals surface area (Å²) in [5.41, 5.74) is 0.982. The number of aryl methyl sites for hydroxylation is 1. The third-order valence-corrected chi connectivity index (χ3v) is 4.34. The van der Waals surface area contributed by atoms with Crippen molar-refractivity contribution in [3.8, 4) is 0 Å². The number of nitrogens with zero attached hydrogens (tertiary/aromatic N) is 2. The molecule has 1 aliphatic carbocycles. The van der Waals surface area contributed by atoms with Crippen LogP contribution < -0.4 is 5.32 Å². The Balaban J connectivity index is 1.62. The molecular formula is C16H21N3O3. The molecule has 3 rings (SSSR count). The molecule has 1 amide bonds. The lowest BCUT2D eigenvalue weighted by Crippen LogP contribution is -2.43. The smallest absolute Gasteiger partial charge is 0.339 e. The van der Waals surface area contributed by atoms with Gasteiger partial charge in [0.15, 0.2) is 0 Å². The highest BCUT2D eigenvalue weighted by Crippen LogP contribution is 2.32. The second-order valence-electron chi connectivity index (χ2n) is 6.17. The van der Waals surface area contributed by atoms with Gasteiger partial charge in [-0.25, -0.2) is 9.78 Å². The van der Waals surface area contributed by atoms with E-state index in [9.17, 15) is 14.7 Å². The van der Waals surface area contributed by atoms with Crippen LogP contribution in [0.5, 0.6) is 0 Å². The van der Waals surface area contributed by atoms with Crippen LogP contribution in [-0.2, 0) is 4.79 Å². The first kappa shape index (κ1) is 14.8. The average Bonchev–Trinajstić information content (AvgIpc) is 3.32. The fourth-order valence-electron chi connectivity index (χ4n) is 2.87. The lowest BCUT2D eigenvalue weighted by molar-refractivity contribution is -0.133. The Bertz CT molecular complexity index is 590. The van der Waals surface area contributed by atoms with E-state index in [1.807, 2.05) is 11.8 Å². The summed E-state index contributed by atoms with van der Waals surface area (Å²) in [4.78, 5) is 29.5. The average molecular weight is 303 g/mol. The van der Waals surface area contributed by atoms with Gasteiger partial charge in [-0.15, -0.1) is 0 Å². The Hall–Kier alpha value is -2.11. The number of likely N-dealkylation sites (tertiary alicyclic amines) is 1. The van der Waals surface area contributed by atoms with Crippen LogP contribution in [0.3, 0.4) is 0 Å². The number of amides is 1. The lowest BCUT2D eigenvalue weighted by atomic mass is 10.0. The van der Waals surface area contributed by atoms with E-state index < -0.39 is 5.97 Å². The van der Waals surface area contributed by atoms with Crippen LogP contribution in [0.1, 0.15) is 41.7 Å². The molecule has 2 aliphatic rings. The molecule has 2 N–H and O–H groups in total. The summed E-state index contributed by atoms with van der Waals surface area (Å²) in [6.45, 7) is 3.32. The Morgan fingerprint density at radius 1 is 1.23 bits per heavy atom. The summed E-state index contributed by atoms with van der Waals surface area (Å²) in [6.07, 6.45) is 3.72. The highest BCUT2D eigenvalue weighted by Gasteiger charge is 2.35. The number of hydrogen-bond donors (Lipinski definition) is 2. The first-order valence-electron chi connectivity index (χ1n) is 7.81. The second-order valence-corrected chi connectivity index (χ2v) is 6.17. The lowest BCUT2D eigenvalue weighted by Gasteiger charge is -2.33. The zero-order chi connectivity index (χ0) is 15.7. The fraction of sp³-hybridized carbons (Fsp3) is 0.562. The van der Waals surface area contributed by atoms with Crippen molar-refractivity contribution in [1.29, 1.82) is 0 Å². The molecule has 22 heavy (non-hydrogen) atoms. The van der Waals surface area contributed by atoms with Crippen molar-refractivity contribution < 1.29 is 14.7 Å². The molecule has 0 radical (unpaired) electrons. The molecule has 1 saturated carbocycles. The quantitative estimate of drug-likeness (QED) is 0.887. The van der Waals surface area contributed by atoms with E-state index >= 15 is 0 Å². The number of carboxylic acids is 1. The van der Waals surface area contributed by atoms with Gasteiger partial charge in [0.25, 0.3) is 0 Å². The maximum Gasteiger partial charge on any atom is 0.339 e. The summed E-state index contributed by atoms with van der Waals surface area (Å²) in [5.74, 6) is 0.00994. The first-order chi connectivity index (χ1) is 10.5. The second kappa shape index (κ2) is 5.94. The van der Waals surface area contributed by atoms with Gasteiger partial charge in [0, 0.05) is 30.7 Å². The van der Waals surface area contributed by atoms with Crippen LogP contribution in [0.2, 0.25) is 0 Å². The number of carbonyl (C=O) groups excluding carboxylic acids is 1. The molecule has 2 fully saturated rings. The minimum atomic E-state index is -0.976. The topological polar surface area (TPSA) is 82.5 Å². The molecule has 0 aromatic carbocycles. The predicted octanol–water partition coefficient (Wildman–Crippen LogP) is 1.90. The molecule has 1 aromatic heterocycles. The van der Waals surface area contributed by atoms with Gasteiger partial charge < -0.3 is 15.3 Å². The number of piperidine rings is 1. The van der Waals surface area contributed by atoms with Crippen molar-refractivity contribution in [1.82, 2.24) is 9.88 Å². The van der Waals surface area contributed by atoms with E-state index in [2.05, 4.69) is 10.3 Å². The van der Waals surface area contributed by atoms with Gasteiger partial charge in [0.2, 0.25) is 5.91 Å².